The minimum absolute atomic E-state index is 0.0330. The molecular weight excluding hydrogens is 446 g/mol. The number of Topliss-reactive ketones (excluding diaryl/α,β-unsaturated/α-hetero) is 2. The van der Waals surface area contributed by atoms with Crippen LogP contribution in [0.3, 0.4) is 0 Å². The maximum atomic E-state index is 13.5. The van der Waals surface area contributed by atoms with Crippen molar-refractivity contribution in [3.8, 4) is 5.88 Å². The predicted molar refractivity (Wildman–Crippen MR) is 132 cm³/mol. The van der Waals surface area contributed by atoms with E-state index >= 15 is 0 Å². The van der Waals surface area contributed by atoms with Gasteiger partial charge in [-0.2, -0.15) is 5.10 Å². The number of allylic oxidation sites excluding steroid dienone is 1. The number of nitrogens with zero attached hydrogens (tertiary/aromatic N) is 2. The molecule has 1 amide bonds. The van der Waals surface area contributed by atoms with E-state index in [1.54, 1.807) is 24.0 Å². The molecule has 5 rings (SSSR count). The van der Waals surface area contributed by atoms with Gasteiger partial charge in [0.05, 0.1) is 17.9 Å². The Bertz CT molecular complexity index is 1010. The van der Waals surface area contributed by atoms with Gasteiger partial charge in [-0.1, -0.05) is 19.9 Å². The highest BCUT2D eigenvalue weighted by molar-refractivity contribution is 5.98. The van der Waals surface area contributed by atoms with Gasteiger partial charge in [0.2, 0.25) is 5.88 Å². The average molecular weight is 486 g/mol. The lowest BCUT2D eigenvalue weighted by atomic mass is 9.49. The smallest absolute Gasteiger partial charge is 0.405 e. The maximum Gasteiger partial charge on any atom is 0.405 e. The largest absolute Gasteiger partial charge is 0.474 e. The minimum atomic E-state index is -0.693. The second-order valence-electron chi connectivity index (χ2n) is 12.0. The van der Waals surface area contributed by atoms with Crippen LogP contribution in [0.15, 0.2) is 12.3 Å². The van der Waals surface area contributed by atoms with E-state index in [2.05, 4.69) is 5.10 Å². The molecule has 192 valence electrons. The molecule has 0 radical (unpaired) electrons. The molecule has 4 bridgehead atoms. The molecule has 4 aliphatic carbocycles. The zero-order chi connectivity index (χ0) is 25.5. The van der Waals surface area contributed by atoms with Crippen molar-refractivity contribution in [2.75, 3.05) is 0 Å². The Balaban J connectivity index is 1.52. The number of nitrogens with two attached hydrogens (primary N) is 1. The Morgan fingerprint density at radius 2 is 1.89 bits per heavy atom. The zero-order valence-electron chi connectivity index (χ0n) is 21.6. The molecule has 8 nitrogen and oxygen atoms in total. The lowest BCUT2D eigenvalue weighted by Crippen LogP contribution is -2.57. The van der Waals surface area contributed by atoms with E-state index in [0.29, 0.717) is 42.0 Å². The summed E-state index contributed by atoms with van der Waals surface area (Å²) in [5, 5.41) is 4.43. The van der Waals surface area contributed by atoms with Crippen LogP contribution in [0.4, 0.5) is 4.79 Å². The van der Waals surface area contributed by atoms with Crippen molar-refractivity contribution in [1.29, 1.82) is 0 Å². The number of aromatic nitrogens is 2. The molecule has 0 spiro atoms. The third kappa shape index (κ3) is 5.62. The molecule has 8 heteroatoms. The van der Waals surface area contributed by atoms with Gasteiger partial charge >= 0.3 is 6.09 Å². The highest BCUT2D eigenvalue weighted by Crippen LogP contribution is 2.60. The van der Waals surface area contributed by atoms with Gasteiger partial charge in [-0.15, -0.1) is 0 Å². The molecule has 2 N–H and O–H groups in total. The first kappa shape index (κ1) is 25.5. The Kier molecular flexibility index (Phi) is 6.86. The maximum absolute atomic E-state index is 13.5. The van der Waals surface area contributed by atoms with Gasteiger partial charge in [0.25, 0.3) is 0 Å². The molecule has 1 heterocycles. The fraction of sp³-hybridized carbons (Fsp3) is 0.704. The summed E-state index contributed by atoms with van der Waals surface area (Å²) in [5.74, 6) is 2.13. The first-order valence-corrected chi connectivity index (χ1v) is 12.8. The third-order valence-corrected chi connectivity index (χ3v) is 7.92. The van der Waals surface area contributed by atoms with Gasteiger partial charge in [-0.25, -0.2) is 9.48 Å². The molecule has 0 aromatic carbocycles. The highest BCUT2D eigenvalue weighted by Gasteiger charge is 2.57. The van der Waals surface area contributed by atoms with Gasteiger partial charge in [-0.3, -0.25) is 9.59 Å². The number of ether oxygens (including phenoxy) is 2. The molecule has 4 aliphatic rings. The molecule has 1 aromatic rings. The Morgan fingerprint density at radius 1 is 1.23 bits per heavy atom. The average Bonchev–Trinajstić information content (AvgIpc) is 3.08. The number of primary amides is 1. The lowest BCUT2D eigenvalue weighted by Gasteiger charge is -2.59. The van der Waals surface area contributed by atoms with Crippen molar-refractivity contribution < 1.29 is 23.9 Å². The van der Waals surface area contributed by atoms with Gasteiger partial charge in [0, 0.05) is 19.0 Å². The molecular formula is C27H39N3O5. The summed E-state index contributed by atoms with van der Waals surface area (Å²) >= 11 is 0. The molecule has 2 unspecified atom stereocenters. The first-order chi connectivity index (χ1) is 16.4. The molecule has 2 atom stereocenters. The second kappa shape index (κ2) is 9.43. The minimum Gasteiger partial charge on any atom is -0.474 e. The van der Waals surface area contributed by atoms with E-state index in [4.69, 9.17) is 15.2 Å². The van der Waals surface area contributed by atoms with E-state index in [1.165, 1.54) is 0 Å². The monoisotopic (exact) mass is 485 g/mol. The van der Waals surface area contributed by atoms with Crippen LogP contribution in [0.2, 0.25) is 0 Å². The number of rotatable bonds is 10. The van der Waals surface area contributed by atoms with Crippen LogP contribution in [0, 0.1) is 29.1 Å². The summed E-state index contributed by atoms with van der Waals surface area (Å²) in [5.41, 5.74) is 5.10. The Morgan fingerprint density at radius 3 is 2.46 bits per heavy atom. The fourth-order valence-corrected chi connectivity index (χ4v) is 7.01. The van der Waals surface area contributed by atoms with E-state index in [-0.39, 0.29) is 29.0 Å². The van der Waals surface area contributed by atoms with Gasteiger partial charge < -0.3 is 15.2 Å². The van der Waals surface area contributed by atoms with Crippen molar-refractivity contribution in [1.82, 2.24) is 9.78 Å². The first-order valence-electron chi connectivity index (χ1n) is 12.8. The predicted octanol–water partition coefficient (Wildman–Crippen LogP) is 5.01. The Hall–Kier alpha value is -2.64. The van der Waals surface area contributed by atoms with E-state index < -0.39 is 11.7 Å². The number of hydrogen-bond donors (Lipinski definition) is 1. The number of carbonyl (C=O) groups is 3. The van der Waals surface area contributed by atoms with E-state index in [1.807, 2.05) is 33.8 Å². The summed E-state index contributed by atoms with van der Waals surface area (Å²) in [6.07, 6.45) is 10.0. The van der Waals surface area contributed by atoms with Crippen molar-refractivity contribution in [3.05, 3.63) is 17.8 Å². The normalized spacial score (nSPS) is 29.7. The number of amides is 1. The Labute approximate surface area is 207 Å². The topological polar surface area (TPSA) is 114 Å². The summed E-state index contributed by atoms with van der Waals surface area (Å²) in [4.78, 5) is 36.7. The van der Waals surface area contributed by atoms with E-state index in [0.717, 1.165) is 32.1 Å². The summed E-state index contributed by atoms with van der Waals surface area (Å²) in [6, 6.07) is 0. The molecule has 4 saturated carbocycles. The summed E-state index contributed by atoms with van der Waals surface area (Å²) in [7, 11) is 0. The fourth-order valence-electron chi connectivity index (χ4n) is 7.01. The van der Waals surface area contributed by atoms with Crippen LogP contribution in [-0.2, 0) is 9.53 Å². The van der Waals surface area contributed by atoms with Crippen LogP contribution < -0.4 is 10.5 Å². The SMILES string of the molecule is CC(=O)CC(C)(C)/C=C/n1ncc(C(=O)CC2C3CC4CC2CC(OC(N)=O)(C4)C3)c1OC(C)C. The van der Waals surface area contributed by atoms with Crippen molar-refractivity contribution >= 4 is 23.9 Å². The summed E-state index contributed by atoms with van der Waals surface area (Å²) < 4.78 is 13.3. The van der Waals surface area contributed by atoms with E-state index in [9.17, 15) is 14.4 Å². The molecule has 35 heavy (non-hydrogen) atoms. The molecule has 0 aliphatic heterocycles. The lowest BCUT2D eigenvalue weighted by molar-refractivity contribution is -0.150. The van der Waals surface area contributed by atoms with Crippen molar-refractivity contribution in [3.63, 3.8) is 0 Å². The standard InChI is InChI=1S/C27H39N3O5/c1-16(2)34-24-22(15-29-30(24)7-6-26(4,5)11-17(3)31)23(32)10-21-19-8-18-9-20(21)14-27(12-18,13-19)35-25(28)33/h6-7,15-16,18-21H,8-14H2,1-5H3,(H2,28,33)/b7-6+. The molecule has 0 saturated heterocycles. The van der Waals surface area contributed by atoms with Crippen LogP contribution in [0.1, 0.15) is 89.9 Å². The van der Waals surface area contributed by atoms with Gasteiger partial charge in [0.1, 0.15) is 11.4 Å². The van der Waals surface area contributed by atoms with Crippen LogP contribution in [0.5, 0.6) is 5.88 Å². The highest BCUT2D eigenvalue weighted by atomic mass is 16.6. The van der Waals surface area contributed by atoms with Crippen molar-refractivity contribution in [2.24, 2.45) is 34.8 Å². The van der Waals surface area contributed by atoms with Gasteiger partial charge in [0.15, 0.2) is 5.78 Å². The number of ketones is 2. The third-order valence-electron chi connectivity index (χ3n) is 7.92. The van der Waals surface area contributed by atoms with Crippen LogP contribution >= 0.6 is 0 Å². The van der Waals surface area contributed by atoms with Gasteiger partial charge in [-0.05, 0) is 82.0 Å². The number of hydrogen-bond acceptors (Lipinski definition) is 6. The van der Waals surface area contributed by atoms with Crippen LogP contribution in [-0.4, -0.2) is 39.1 Å². The van der Waals surface area contributed by atoms with Crippen LogP contribution in [0.25, 0.3) is 6.20 Å². The second-order valence-corrected chi connectivity index (χ2v) is 12.0. The molecule has 1 aromatic heterocycles. The zero-order valence-corrected chi connectivity index (χ0v) is 21.6. The van der Waals surface area contributed by atoms with Crippen molar-refractivity contribution in [2.45, 2.75) is 91.3 Å². The number of carbonyl (C=O) groups excluding carboxylic acids is 3. The quantitative estimate of drug-likeness (QED) is 0.466. The molecule has 4 fully saturated rings. The summed E-state index contributed by atoms with van der Waals surface area (Å²) in [6.45, 7) is 9.41.